The van der Waals surface area contributed by atoms with Crippen LogP contribution in [-0.4, -0.2) is 36.2 Å². The third-order valence-electron chi connectivity index (χ3n) is 8.11. The molecule has 190 valence electrons. The summed E-state index contributed by atoms with van der Waals surface area (Å²) in [5.74, 6) is 1.52. The van der Waals surface area contributed by atoms with Crippen LogP contribution in [0.4, 0.5) is 0 Å². The summed E-state index contributed by atoms with van der Waals surface area (Å²) in [4.78, 5) is 2.63. The van der Waals surface area contributed by atoms with Gasteiger partial charge in [-0.1, -0.05) is 86.3 Å². The van der Waals surface area contributed by atoms with Gasteiger partial charge in [0.15, 0.2) is 0 Å². The summed E-state index contributed by atoms with van der Waals surface area (Å²) in [6, 6.07) is 25.5. The van der Waals surface area contributed by atoms with Crippen molar-refractivity contribution in [1.29, 1.82) is 0 Å². The predicted molar refractivity (Wildman–Crippen MR) is 148 cm³/mol. The number of benzene rings is 3. The molecule has 2 heterocycles. The molecule has 3 aromatic rings. The minimum Gasteiger partial charge on any atom is -0.508 e. The number of unbranched alkanes of at least 4 members (excludes halogenated alkanes) is 5. The highest BCUT2D eigenvalue weighted by molar-refractivity contribution is 5.50. The topological polar surface area (TPSA) is 32.7 Å². The van der Waals surface area contributed by atoms with Crippen LogP contribution in [-0.2, 0) is 6.42 Å². The summed E-state index contributed by atoms with van der Waals surface area (Å²) < 4.78 is 6.11. The van der Waals surface area contributed by atoms with E-state index in [0.717, 1.165) is 17.7 Å². The van der Waals surface area contributed by atoms with E-state index in [0.29, 0.717) is 6.61 Å². The molecule has 2 unspecified atom stereocenters. The average molecular weight is 484 g/mol. The average Bonchev–Trinajstić information content (AvgIpc) is 3.44. The quantitative estimate of drug-likeness (QED) is 0.284. The fourth-order valence-corrected chi connectivity index (χ4v) is 6.07. The fraction of sp³-hybridized carbons (Fsp3) is 0.455. The van der Waals surface area contributed by atoms with Gasteiger partial charge in [0.05, 0.1) is 6.61 Å². The Morgan fingerprint density at radius 3 is 2.25 bits per heavy atom. The summed E-state index contributed by atoms with van der Waals surface area (Å²) >= 11 is 0. The van der Waals surface area contributed by atoms with Gasteiger partial charge >= 0.3 is 0 Å². The molecule has 0 bridgehead atoms. The van der Waals surface area contributed by atoms with Gasteiger partial charge in [0, 0.05) is 23.5 Å². The number of hydrogen-bond donors (Lipinski definition) is 1. The number of aromatic hydroxyl groups is 1. The molecule has 3 nitrogen and oxygen atoms in total. The van der Waals surface area contributed by atoms with Crippen molar-refractivity contribution in [2.45, 2.75) is 69.6 Å². The first kappa shape index (κ1) is 24.9. The normalized spacial score (nSPS) is 19.7. The van der Waals surface area contributed by atoms with Crippen molar-refractivity contribution >= 4 is 0 Å². The zero-order valence-electron chi connectivity index (χ0n) is 21.6. The molecule has 2 atom stereocenters. The van der Waals surface area contributed by atoms with Crippen molar-refractivity contribution in [1.82, 2.24) is 4.90 Å². The van der Waals surface area contributed by atoms with E-state index in [4.69, 9.17) is 4.74 Å². The molecule has 3 heteroatoms. The molecule has 5 rings (SSSR count). The van der Waals surface area contributed by atoms with Gasteiger partial charge in [0.25, 0.3) is 0 Å². The van der Waals surface area contributed by atoms with E-state index in [1.54, 1.807) is 12.1 Å². The molecule has 1 N–H and O–H groups in total. The molecule has 0 amide bonds. The van der Waals surface area contributed by atoms with Gasteiger partial charge in [-0.05, 0) is 74.5 Å². The Morgan fingerprint density at radius 2 is 1.47 bits per heavy atom. The second-order valence-corrected chi connectivity index (χ2v) is 10.7. The van der Waals surface area contributed by atoms with Crippen molar-refractivity contribution in [3.63, 3.8) is 0 Å². The largest absolute Gasteiger partial charge is 0.508 e. The van der Waals surface area contributed by atoms with Crippen molar-refractivity contribution in [2.24, 2.45) is 0 Å². The molecular weight excluding hydrogens is 442 g/mol. The molecule has 0 radical (unpaired) electrons. The van der Waals surface area contributed by atoms with Crippen molar-refractivity contribution < 1.29 is 9.84 Å². The molecule has 0 aliphatic carbocycles. The summed E-state index contributed by atoms with van der Waals surface area (Å²) in [5, 5.41) is 9.99. The van der Waals surface area contributed by atoms with Gasteiger partial charge in [-0.25, -0.2) is 0 Å². The highest BCUT2D eigenvalue weighted by Crippen LogP contribution is 2.46. The van der Waals surface area contributed by atoms with Crippen LogP contribution < -0.4 is 4.74 Å². The smallest absolute Gasteiger partial charge is 0.126 e. The van der Waals surface area contributed by atoms with Crippen molar-refractivity contribution in [2.75, 3.05) is 26.2 Å². The second kappa shape index (κ2) is 12.5. The number of phenols is 1. The van der Waals surface area contributed by atoms with Crippen LogP contribution in [0, 0.1) is 0 Å². The van der Waals surface area contributed by atoms with Crippen LogP contribution in [0.3, 0.4) is 0 Å². The molecular formula is C33H41NO2. The standard InChI is InChI=1S/C33H41NO2/c35-29-19-20-30-32(24-29)36-25-31(27-13-7-5-8-14-27)33(30)28-17-15-26(16-18-28)12-6-3-1-2-4-9-21-34-22-10-11-23-34/h5,7-8,13-20,24,31,33,35H,1-4,6,9-12,21-23,25H2. The Labute approximate surface area is 217 Å². The molecule has 3 aromatic carbocycles. The lowest BCUT2D eigenvalue weighted by Crippen LogP contribution is -2.25. The van der Waals surface area contributed by atoms with Crippen LogP contribution in [0.5, 0.6) is 11.5 Å². The monoisotopic (exact) mass is 483 g/mol. The highest BCUT2D eigenvalue weighted by Gasteiger charge is 2.33. The SMILES string of the molecule is Oc1ccc2c(c1)OCC(c1ccccc1)C2c1ccc(CCCCCCCCN2CCCC2)cc1. The number of nitrogens with zero attached hydrogens (tertiary/aromatic N) is 1. The predicted octanol–water partition coefficient (Wildman–Crippen LogP) is 7.68. The Kier molecular flexibility index (Phi) is 8.61. The number of ether oxygens (including phenoxy) is 1. The second-order valence-electron chi connectivity index (χ2n) is 10.7. The summed E-state index contributed by atoms with van der Waals surface area (Å²) in [6.07, 6.45) is 12.1. The lowest BCUT2D eigenvalue weighted by molar-refractivity contribution is 0.248. The van der Waals surface area contributed by atoms with Crippen LogP contribution in [0.2, 0.25) is 0 Å². The van der Waals surface area contributed by atoms with Gasteiger partial charge in [-0.3, -0.25) is 0 Å². The van der Waals surface area contributed by atoms with Gasteiger partial charge in [0.1, 0.15) is 11.5 Å². The van der Waals surface area contributed by atoms with E-state index >= 15 is 0 Å². The Morgan fingerprint density at radius 1 is 0.750 bits per heavy atom. The number of rotatable bonds is 11. The minimum atomic E-state index is 0.214. The van der Waals surface area contributed by atoms with E-state index < -0.39 is 0 Å². The van der Waals surface area contributed by atoms with Gasteiger partial charge in [-0.2, -0.15) is 0 Å². The molecule has 0 aromatic heterocycles. The van der Waals surface area contributed by atoms with Crippen molar-refractivity contribution in [3.05, 3.63) is 95.1 Å². The zero-order chi connectivity index (χ0) is 24.6. The molecule has 2 aliphatic rings. The van der Waals surface area contributed by atoms with E-state index in [2.05, 4.69) is 59.5 Å². The number of aryl methyl sites for hydroxylation is 1. The summed E-state index contributed by atoms with van der Waals surface area (Å²) in [5.41, 5.74) is 5.21. The maximum atomic E-state index is 9.99. The number of hydrogen-bond acceptors (Lipinski definition) is 3. The maximum Gasteiger partial charge on any atom is 0.126 e. The van der Waals surface area contributed by atoms with E-state index in [9.17, 15) is 5.11 Å². The van der Waals surface area contributed by atoms with E-state index in [1.165, 1.54) is 87.7 Å². The van der Waals surface area contributed by atoms with Gasteiger partial charge < -0.3 is 14.7 Å². The Balaban J connectivity index is 1.15. The van der Waals surface area contributed by atoms with Gasteiger partial charge in [0.2, 0.25) is 0 Å². The maximum absolute atomic E-state index is 9.99. The van der Waals surface area contributed by atoms with Crippen LogP contribution in [0.15, 0.2) is 72.8 Å². The lowest BCUT2D eigenvalue weighted by atomic mass is 9.75. The zero-order valence-corrected chi connectivity index (χ0v) is 21.6. The molecule has 0 saturated carbocycles. The third kappa shape index (κ3) is 6.31. The molecule has 1 saturated heterocycles. The molecule has 36 heavy (non-hydrogen) atoms. The first-order valence-corrected chi connectivity index (χ1v) is 14.1. The molecule has 1 fully saturated rings. The highest BCUT2D eigenvalue weighted by atomic mass is 16.5. The number of likely N-dealkylation sites (tertiary alicyclic amines) is 1. The third-order valence-corrected chi connectivity index (χ3v) is 8.11. The van der Waals surface area contributed by atoms with E-state index in [1.807, 2.05) is 6.07 Å². The van der Waals surface area contributed by atoms with Crippen LogP contribution >= 0.6 is 0 Å². The fourth-order valence-electron chi connectivity index (χ4n) is 6.07. The first-order valence-electron chi connectivity index (χ1n) is 14.1. The van der Waals surface area contributed by atoms with Crippen LogP contribution in [0.1, 0.15) is 85.5 Å². The number of fused-ring (bicyclic) bond motifs is 1. The van der Waals surface area contributed by atoms with Gasteiger partial charge in [-0.15, -0.1) is 0 Å². The van der Waals surface area contributed by atoms with Crippen LogP contribution in [0.25, 0.3) is 0 Å². The van der Waals surface area contributed by atoms with E-state index in [-0.39, 0.29) is 17.6 Å². The summed E-state index contributed by atoms with van der Waals surface area (Å²) in [7, 11) is 0. The number of phenolic OH excluding ortho intramolecular Hbond substituents is 1. The molecule has 2 aliphatic heterocycles. The first-order chi connectivity index (χ1) is 17.8. The minimum absolute atomic E-state index is 0.214. The Bertz CT molecular complexity index is 1070. The summed E-state index contributed by atoms with van der Waals surface area (Å²) in [6.45, 7) is 4.59. The van der Waals surface area contributed by atoms with Crippen molar-refractivity contribution in [3.8, 4) is 11.5 Å². The molecule has 0 spiro atoms. The lowest BCUT2D eigenvalue weighted by Gasteiger charge is -2.34. The Hall–Kier alpha value is -2.78.